The van der Waals surface area contributed by atoms with Gasteiger partial charge in [-0.05, 0) is 47.4 Å². The summed E-state index contributed by atoms with van der Waals surface area (Å²) in [6.45, 7) is 4.32. The van der Waals surface area contributed by atoms with Crippen LogP contribution in [0, 0.1) is 6.92 Å². The Morgan fingerprint density at radius 1 is 0.607 bits per heavy atom. The third-order valence-electron chi connectivity index (χ3n) is 5.04. The van der Waals surface area contributed by atoms with Gasteiger partial charge < -0.3 is 9.47 Å². The summed E-state index contributed by atoms with van der Waals surface area (Å²) < 4.78 is 10.6. The third-order valence-corrected chi connectivity index (χ3v) is 5.04. The highest BCUT2D eigenvalue weighted by Gasteiger charge is 2.04. The lowest BCUT2D eigenvalue weighted by atomic mass is 10.0. The minimum Gasteiger partial charge on any atom is -0.496 e. The molecule has 0 bridgehead atoms. The summed E-state index contributed by atoms with van der Waals surface area (Å²) in [5.74, 6) is 1.91. The Morgan fingerprint density at radius 2 is 1.11 bits per heavy atom. The first-order chi connectivity index (χ1) is 13.7. The molecule has 0 aliphatic heterocycles. The van der Waals surface area contributed by atoms with Crippen LogP contribution >= 0.6 is 0 Å². The van der Waals surface area contributed by atoms with Gasteiger partial charge in [-0.2, -0.15) is 0 Å². The molecule has 2 nitrogen and oxygen atoms in total. The topological polar surface area (TPSA) is 18.5 Å². The molecule has 4 rings (SSSR count). The molecule has 0 fully saturated rings. The first-order valence-electron chi connectivity index (χ1n) is 9.76. The third kappa shape index (κ3) is 4.12. The average molecular weight is 373 g/mol. The van der Waals surface area contributed by atoms with Crippen molar-refractivity contribution in [2.24, 2.45) is 0 Å². The van der Waals surface area contributed by atoms with E-state index in [1.54, 1.807) is 14.2 Å². The van der Waals surface area contributed by atoms with Gasteiger partial charge in [-0.25, -0.2) is 0 Å². The fourth-order valence-electron chi connectivity index (χ4n) is 3.60. The Morgan fingerprint density at radius 3 is 1.68 bits per heavy atom. The molecule has 0 atom stereocenters. The number of benzene rings is 4. The monoisotopic (exact) mass is 372 g/mol. The van der Waals surface area contributed by atoms with Gasteiger partial charge in [0.15, 0.2) is 0 Å². The van der Waals surface area contributed by atoms with Crippen LogP contribution in [0.2, 0.25) is 0 Å². The molecule has 0 saturated heterocycles. The second kappa shape index (κ2) is 9.27. The number of hydrogen-bond acceptors (Lipinski definition) is 2. The zero-order valence-corrected chi connectivity index (χ0v) is 17.2. The number of fused-ring (bicyclic) bond motifs is 2. The Bertz CT molecular complexity index is 1070. The summed E-state index contributed by atoms with van der Waals surface area (Å²) in [5, 5.41) is 4.98. The molecule has 0 saturated carbocycles. The molecule has 0 unspecified atom stereocenters. The molecule has 0 aliphatic carbocycles. The fraction of sp³-hybridized carbons (Fsp3) is 0.231. The standard InChI is InChI=1S/C14H16O.C12H12O/c1-3-6-11-9-10-14(15-2)13-8-5-4-7-12(11)13;1-9-7-8-12(13-2)11-6-4-3-5-10(9)11/h4-5,7-10H,3,6H2,1-2H3;3-8H,1-2H3. The van der Waals surface area contributed by atoms with E-state index in [2.05, 4.69) is 74.5 Å². The lowest BCUT2D eigenvalue weighted by Crippen LogP contribution is -1.90. The average Bonchev–Trinajstić information content (AvgIpc) is 2.75. The molecule has 4 aromatic rings. The van der Waals surface area contributed by atoms with E-state index in [9.17, 15) is 0 Å². The Balaban J connectivity index is 0.000000162. The van der Waals surface area contributed by atoms with E-state index in [0.29, 0.717) is 0 Å². The molecule has 28 heavy (non-hydrogen) atoms. The molecular weight excluding hydrogens is 344 g/mol. The number of rotatable bonds is 4. The summed E-state index contributed by atoms with van der Waals surface area (Å²) in [7, 11) is 3.43. The van der Waals surface area contributed by atoms with Crippen molar-refractivity contribution in [2.45, 2.75) is 26.7 Å². The summed E-state index contributed by atoms with van der Waals surface area (Å²) in [4.78, 5) is 0. The van der Waals surface area contributed by atoms with E-state index in [0.717, 1.165) is 17.9 Å². The van der Waals surface area contributed by atoms with Crippen molar-refractivity contribution in [3.05, 3.63) is 83.9 Å². The maximum Gasteiger partial charge on any atom is 0.126 e. The lowest BCUT2D eigenvalue weighted by Gasteiger charge is -2.09. The van der Waals surface area contributed by atoms with Crippen LogP contribution < -0.4 is 9.47 Å². The highest BCUT2D eigenvalue weighted by molar-refractivity contribution is 5.91. The van der Waals surface area contributed by atoms with Gasteiger partial charge in [-0.3, -0.25) is 0 Å². The zero-order chi connectivity index (χ0) is 19.9. The Kier molecular flexibility index (Phi) is 6.54. The summed E-state index contributed by atoms with van der Waals surface area (Å²) in [6.07, 6.45) is 2.31. The first-order valence-corrected chi connectivity index (χ1v) is 9.76. The number of aryl methyl sites for hydroxylation is 2. The van der Waals surface area contributed by atoms with E-state index in [-0.39, 0.29) is 0 Å². The quantitative estimate of drug-likeness (QED) is 0.385. The van der Waals surface area contributed by atoms with Crippen LogP contribution in [-0.2, 0) is 6.42 Å². The van der Waals surface area contributed by atoms with Gasteiger partial charge in [0.2, 0.25) is 0 Å². The lowest BCUT2D eigenvalue weighted by molar-refractivity contribution is 0.419. The molecule has 2 heteroatoms. The highest BCUT2D eigenvalue weighted by atomic mass is 16.5. The SMILES string of the molecule is CCCc1ccc(OC)c2ccccc12.COc1ccc(C)c2ccccc12. The molecule has 0 spiro atoms. The smallest absolute Gasteiger partial charge is 0.126 e. The molecule has 4 aromatic carbocycles. The molecule has 0 aliphatic rings. The van der Waals surface area contributed by atoms with Gasteiger partial charge in [-0.1, -0.05) is 74.0 Å². The van der Waals surface area contributed by atoms with Crippen LogP contribution in [0.1, 0.15) is 24.5 Å². The highest BCUT2D eigenvalue weighted by Crippen LogP contribution is 2.29. The molecule has 0 N–H and O–H groups in total. The molecule has 0 radical (unpaired) electrons. The van der Waals surface area contributed by atoms with Crippen molar-refractivity contribution in [3.63, 3.8) is 0 Å². The van der Waals surface area contributed by atoms with Gasteiger partial charge in [-0.15, -0.1) is 0 Å². The van der Waals surface area contributed by atoms with Crippen LogP contribution in [0.25, 0.3) is 21.5 Å². The van der Waals surface area contributed by atoms with E-state index < -0.39 is 0 Å². The largest absolute Gasteiger partial charge is 0.496 e. The van der Waals surface area contributed by atoms with Gasteiger partial charge in [0.05, 0.1) is 14.2 Å². The number of methoxy groups -OCH3 is 2. The summed E-state index contributed by atoms with van der Waals surface area (Å²) >= 11 is 0. The van der Waals surface area contributed by atoms with Gasteiger partial charge in [0.1, 0.15) is 11.5 Å². The summed E-state index contributed by atoms with van der Waals surface area (Å²) in [6, 6.07) is 25.0. The van der Waals surface area contributed by atoms with Crippen molar-refractivity contribution in [2.75, 3.05) is 14.2 Å². The normalized spacial score (nSPS) is 10.4. The number of ether oxygens (including phenoxy) is 2. The van der Waals surface area contributed by atoms with Crippen molar-refractivity contribution >= 4 is 21.5 Å². The van der Waals surface area contributed by atoms with E-state index in [4.69, 9.17) is 9.47 Å². The predicted molar refractivity (Wildman–Crippen MR) is 120 cm³/mol. The molecule has 0 amide bonds. The van der Waals surface area contributed by atoms with E-state index in [1.807, 2.05) is 12.1 Å². The van der Waals surface area contributed by atoms with Crippen LogP contribution in [0.15, 0.2) is 72.8 Å². The minimum atomic E-state index is 0.946. The van der Waals surface area contributed by atoms with Crippen molar-refractivity contribution in [1.29, 1.82) is 0 Å². The number of hydrogen-bond donors (Lipinski definition) is 0. The molecule has 144 valence electrons. The minimum absolute atomic E-state index is 0.946. The van der Waals surface area contributed by atoms with Crippen molar-refractivity contribution < 1.29 is 9.47 Å². The zero-order valence-electron chi connectivity index (χ0n) is 17.2. The molecule has 0 aromatic heterocycles. The fourth-order valence-corrected chi connectivity index (χ4v) is 3.60. The summed E-state index contributed by atoms with van der Waals surface area (Å²) in [5.41, 5.74) is 2.70. The van der Waals surface area contributed by atoms with Gasteiger partial charge >= 0.3 is 0 Å². The second-order valence-electron chi connectivity index (χ2n) is 6.85. The van der Waals surface area contributed by atoms with Crippen LogP contribution in [0.5, 0.6) is 11.5 Å². The van der Waals surface area contributed by atoms with Gasteiger partial charge in [0.25, 0.3) is 0 Å². The molecular formula is C26H28O2. The first kappa shape index (κ1) is 19.8. The van der Waals surface area contributed by atoms with Crippen LogP contribution in [0.3, 0.4) is 0 Å². The van der Waals surface area contributed by atoms with E-state index >= 15 is 0 Å². The van der Waals surface area contributed by atoms with Crippen LogP contribution in [0.4, 0.5) is 0 Å². The Labute approximate surface area is 167 Å². The van der Waals surface area contributed by atoms with E-state index in [1.165, 1.54) is 39.1 Å². The second-order valence-corrected chi connectivity index (χ2v) is 6.85. The van der Waals surface area contributed by atoms with Crippen molar-refractivity contribution in [1.82, 2.24) is 0 Å². The van der Waals surface area contributed by atoms with Crippen LogP contribution in [-0.4, -0.2) is 14.2 Å². The van der Waals surface area contributed by atoms with Gasteiger partial charge in [0, 0.05) is 10.8 Å². The maximum atomic E-state index is 5.36. The maximum absolute atomic E-state index is 5.36. The predicted octanol–water partition coefficient (Wildman–Crippen LogP) is 6.96. The van der Waals surface area contributed by atoms with Crippen molar-refractivity contribution in [3.8, 4) is 11.5 Å². The Hall–Kier alpha value is -3.00. The molecule has 0 heterocycles.